The molecule has 0 saturated carbocycles. The highest BCUT2D eigenvalue weighted by Crippen LogP contribution is 2.23. The summed E-state index contributed by atoms with van der Waals surface area (Å²) in [7, 11) is 0. The summed E-state index contributed by atoms with van der Waals surface area (Å²) >= 11 is 0. The van der Waals surface area contributed by atoms with Crippen molar-refractivity contribution >= 4 is 0 Å². The molecule has 1 aromatic heterocycles. The number of aromatic nitrogens is 2. The van der Waals surface area contributed by atoms with Crippen LogP contribution < -0.4 is 0 Å². The lowest BCUT2D eigenvalue weighted by atomic mass is 10.1. The first-order valence-electron chi connectivity index (χ1n) is 7.07. The van der Waals surface area contributed by atoms with E-state index in [4.69, 9.17) is 0 Å². The van der Waals surface area contributed by atoms with Crippen molar-refractivity contribution in [2.75, 3.05) is 6.54 Å². The number of hydrogen-bond donors (Lipinski definition) is 1. The van der Waals surface area contributed by atoms with Gasteiger partial charge in [0, 0.05) is 32.4 Å². The summed E-state index contributed by atoms with van der Waals surface area (Å²) in [6.45, 7) is 7.31. The van der Waals surface area contributed by atoms with Crippen molar-refractivity contribution < 1.29 is 5.11 Å². The van der Waals surface area contributed by atoms with Gasteiger partial charge in [0.15, 0.2) is 0 Å². The van der Waals surface area contributed by atoms with E-state index in [0.29, 0.717) is 0 Å². The molecule has 20 heavy (non-hydrogen) atoms. The molecule has 0 fully saturated rings. The minimum Gasteiger partial charge on any atom is -0.383 e. The molecule has 2 heterocycles. The SMILES string of the molecule is CC(C)(O)c1ncc2n1CCN(Cc1ccccc1)C2. The van der Waals surface area contributed by atoms with E-state index in [2.05, 4.69) is 38.7 Å². The molecule has 0 radical (unpaired) electrons. The Balaban J connectivity index is 1.75. The fraction of sp³-hybridized carbons (Fsp3) is 0.438. The second kappa shape index (κ2) is 5.04. The Morgan fingerprint density at radius 3 is 2.65 bits per heavy atom. The molecule has 1 aliphatic heterocycles. The minimum absolute atomic E-state index is 0.770. The Kier molecular flexibility index (Phi) is 3.36. The number of imidazole rings is 1. The maximum absolute atomic E-state index is 10.1. The van der Waals surface area contributed by atoms with E-state index in [1.807, 2.05) is 12.3 Å². The molecule has 106 valence electrons. The van der Waals surface area contributed by atoms with Crippen molar-refractivity contribution in [3.05, 3.63) is 53.6 Å². The zero-order valence-electron chi connectivity index (χ0n) is 12.1. The first-order valence-corrected chi connectivity index (χ1v) is 7.07. The third-order valence-corrected chi connectivity index (χ3v) is 3.76. The monoisotopic (exact) mass is 271 g/mol. The number of aliphatic hydroxyl groups is 1. The van der Waals surface area contributed by atoms with E-state index < -0.39 is 5.60 Å². The quantitative estimate of drug-likeness (QED) is 0.929. The number of nitrogens with zero attached hydrogens (tertiary/aromatic N) is 3. The van der Waals surface area contributed by atoms with Crippen molar-refractivity contribution in [2.45, 2.75) is 39.1 Å². The molecule has 4 nitrogen and oxygen atoms in total. The van der Waals surface area contributed by atoms with Crippen LogP contribution in [0.1, 0.15) is 30.9 Å². The van der Waals surface area contributed by atoms with Gasteiger partial charge in [-0.3, -0.25) is 4.90 Å². The van der Waals surface area contributed by atoms with Gasteiger partial charge in [0.2, 0.25) is 0 Å². The second-order valence-corrected chi connectivity index (χ2v) is 5.98. The second-order valence-electron chi connectivity index (χ2n) is 5.98. The summed E-state index contributed by atoms with van der Waals surface area (Å²) in [6.07, 6.45) is 1.89. The van der Waals surface area contributed by atoms with Crippen LogP contribution in [0.5, 0.6) is 0 Å². The van der Waals surface area contributed by atoms with Gasteiger partial charge in [-0.25, -0.2) is 4.98 Å². The van der Waals surface area contributed by atoms with Crippen LogP contribution in [0.15, 0.2) is 36.5 Å². The van der Waals surface area contributed by atoms with E-state index in [1.54, 1.807) is 13.8 Å². The molecule has 0 unspecified atom stereocenters. The van der Waals surface area contributed by atoms with Crippen LogP contribution >= 0.6 is 0 Å². The zero-order valence-corrected chi connectivity index (χ0v) is 12.1. The minimum atomic E-state index is -0.875. The predicted molar refractivity (Wildman–Crippen MR) is 78.0 cm³/mol. The van der Waals surface area contributed by atoms with Gasteiger partial charge in [0.25, 0.3) is 0 Å². The Labute approximate surface area is 119 Å². The molecule has 2 aromatic rings. The van der Waals surface area contributed by atoms with Crippen molar-refractivity contribution in [3.63, 3.8) is 0 Å². The fourth-order valence-corrected chi connectivity index (χ4v) is 2.80. The summed E-state index contributed by atoms with van der Waals surface area (Å²) in [5, 5.41) is 10.1. The summed E-state index contributed by atoms with van der Waals surface area (Å²) in [5.74, 6) is 0.770. The Morgan fingerprint density at radius 1 is 1.20 bits per heavy atom. The molecule has 1 aromatic carbocycles. The molecule has 0 saturated heterocycles. The van der Waals surface area contributed by atoms with Crippen molar-refractivity contribution in [1.82, 2.24) is 14.5 Å². The maximum atomic E-state index is 10.1. The highest BCUT2D eigenvalue weighted by atomic mass is 16.3. The van der Waals surface area contributed by atoms with Crippen LogP contribution in [-0.4, -0.2) is 26.1 Å². The first-order chi connectivity index (χ1) is 9.54. The van der Waals surface area contributed by atoms with Gasteiger partial charge in [-0.05, 0) is 19.4 Å². The molecule has 0 amide bonds. The first kappa shape index (κ1) is 13.3. The normalized spacial score (nSPS) is 16.1. The fourth-order valence-electron chi connectivity index (χ4n) is 2.80. The van der Waals surface area contributed by atoms with Crippen LogP contribution in [0.25, 0.3) is 0 Å². The molecule has 1 aliphatic rings. The highest BCUT2D eigenvalue weighted by Gasteiger charge is 2.27. The van der Waals surface area contributed by atoms with Gasteiger partial charge >= 0.3 is 0 Å². The lowest BCUT2D eigenvalue weighted by Crippen LogP contribution is -2.35. The van der Waals surface area contributed by atoms with E-state index in [1.165, 1.54) is 11.3 Å². The molecular formula is C16H21N3O. The van der Waals surface area contributed by atoms with Gasteiger partial charge in [0.05, 0.1) is 5.69 Å². The van der Waals surface area contributed by atoms with Crippen LogP contribution in [0.3, 0.4) is 0 Å². The third kappa shape index (κ3) is 2.62. The number of benzene rings is 1. The van der Waals surface area contributed by atoms with Gasteiger partial charge < -0.3 is 9.67 Å². The lowest BCUT2D eigenvalue weighted by molar-refractivity contribution is 0.0616. The Bertz CT molecular complexity index is 584. The molecule has 1 N–H and O–H groups in total. The average molecular weight is 271 g/mol. The van der Waals surface area contributed by atoms with Gasteiger partial charge in [-0.1, -0.05) is 30.3 Å². The largest absolute Gasteiger partial charge is 0.383 e. The zero-order chi connectivity index (χ0) is 14.2. The van der Waals surface area contributed by atoms with E-state index in [0.717, 1.165) is 32.0 Å². The standard InChI is InChI=1S/C16H21N3O/c1-16(2,20)15-17-10-14-12-18(8-9-19(14)15)11-13-6-4-3-5-7-13/h3-7,10,20H,8-9,11-12H2,1-2H3. The number of hydrogen-bond acceptors (Lipinski definition) is 3. The Hall–Kier alpha value is -1.65. The lowest BCUT2D eigenvalue weighted by Gasteiger charge is -2.30. The highest BCUT2D eigenvalue weighted by molar-refractivity contribution is 5.16. The molecule has 0 bridgehead atoms. The summed E-state index contributed by atoms with van der Waals surface area (Å²) in [5.41, 5.74) is 1.65. The molecule has 3 rings (SSSR count). The molecular weight excluding hydrogens is 250 g/mol. The summed E-state index contributed by atoms with van der Waals surface area (Å²) in [6, 6.07) is 10.5. The van der Waals surface area contributed by atoms with Crippen LogP contribution in [0.4, 0.5) is 0 Å². The van der Waals surface area contributed by atoms with E-state index >= 15 is 0 Å². The Morgan fingerprint density at radius 2 is 1.95 bits per heavy atom. The topological polar surface area (TPSA) is 41.3 Å². The van der Waals surface area contributed by atoms with E-state index in [9.17, 15) is 5.11 Å². The summed E-state index contributed by atoms with van der Waals surface area (Å²) in [4.78, 5) is 6.81. The smallest absolute Gasteiger partial charge is 0.140 e. The molecule has 0 spiro atoms. The van der Waals surface area contributed by atoms with Gasteiger partial charge in [-0.2, -0.15) is 0 Å². The maximum Gasteiger partial charge on any atom is 0.140 e. The third-order valence-electron chi connectivity index (χ3n) is 3.76. The molecule has 0 aliphatic carbocycles. The average Bonchev–Trinajstić information content (AvgIpc) is 2.83. The van der Waals surface area contributed by atoms with Crippen LogP contribution in [0.2, 0.25) is 0 Å². The predicted octanol–water partition coefficient (Wildman–Crippen LogP) is 2.13. The molecule has 0 atom stereocenters. The van der Waals surface area contributed by atoms with Crippen LogP contribution in [-0.2, 0) is 25.2 Å². The number of fused-ring (bicyclic) bond motifs is 1. The summed E-state index contributed by atoms with van der Waals surface area (Å²) < 4.78 is 2.15. The van der Waals surface area contributed by atoms with Gasteiger partial charge in [0.1, 0.15) is 11.4 Å². The van der Waals surface area contributed by atoms with E-state index in [-0.39, 0.29) is 0 Å². The van der Waals surface area contributed by atoms with Gasteiger partial charge in [-0.15, -0.1) is 0 Å². The molecule has 4 heteroatoms. The van der Waals surface area contributed by atoms with Crippen molar-refractivity contribution in [2.24, 2.45) is 0 Å². The van der Waals surface area contributed by atoms with Crippen molar-refractivity contribution in [1.29, 1.82) is 0 Å². The number of rotatable bonds is 3. The van der Waals surface area contributed by atoms with Crippen molar-refractivity contribution in [3.8, 4) is 0 Å². The van der Waals surface area contributed by atoms with Crippen LogP contribution in [0, 0.1) is 0 Å².